The Morgan fingerprint density at radius 3 is 1.53 bits per heavy atom. The number of hydrogen-bond acceptors (Lipinski definition) is 0. The molecule has 0 spiro atoms. The maximum Gasteiger partial charge on any atom is 0.0221 e. The van der Waals surface area contributed by atoms with E-state index in [1.54, 1.807) is 0 Å². The first kappa shape index (κ1) is 14.3. The molecule has 2 rings (SSSR count). The van der Waals surface area contributed by atoms with Crippen LogP contribution in [0, 0.1) is 7.14 Å². The minimum Gasteiger partial charge on any atom is -0.0565 e. The van der Waals surface area contributed by atoms with Crippen LogP contribution in [-0.4, -0.2) is 0 Å². The lowest BCUT2D eigenvalue weighted by atomic mass is 10.1. The van der Waals surface area contributed by atoms with Crippen LogP contribution < -0.4 is 0 Å². The SMILES string of the molecule is Brc1cc(I)ccc1Cc1ccc(I)cc1Br. The van der Waals surface area contributed by atoms with Crippen LogP contribution in [0.25, 0.3) is 0 Å². The van der Waals surface area contributed by atoms with Gasteiger partial charge in [0.25, 0.3) is 0 Å². The van der Waals surface area contributed by atoms with Gasteiger partial charge >= 0.3 is 0 Å². The third kappa shape index (κ3) is 3.91. The average Bonchev–Trinajstić information content (AvgIpc) is 2.25. The summed E-state index contributed by atoms with van der Waals surface area (Å²) in [5.41, 5.74) is 2.62. The molecule has 0 atom stereocenters. The van der Waals surface area contributed by atoms with E-state index in [4.69, 9.17) is 0 Å². The lowest BCUT2D eigenvalue weighted by molar-refractivity contribution is 1.16. The number of halogens is 4. The van der Waals surface area contributed by atoms with Crippen LogP contribution in [0.5, 0.6) is 0 Å². The van der Waals surface area contributed by atoms with E-state index in [0.29, 0.717) is 0 Å². The summed E-state index contributed by atoms with van der Waals surface area (Å²) in [4.78, 5) is 0. The molecule has 0 saturated heterocycles. The molecule has 17 heavy (non-hydrogen) atoms. The highest BCUT2D eigenvalue weighted by Gasteiger charge is 2.05. The zero-order valence-electron chi connectivity index (χ0n) is 8.68. The summed E-state index contributed by atoms with van der Waals surface area (Å²) in [6, 6.07) is 12.9. The van der Waals surface area contributed by atoms with Crippen molar-refractivity contribution in [2.24, 2.45) is 0 Å². The van der Waals surface area contributed by atoms with Crippen molar-refractivity contribution in [3.8, 4) is 0 Å². The Hall–Kier alpha value is 0.860. The van der Waals surface area contributed by atoms with E-state index in [-0.39, 0.29) is 0 Å². The van der Waals surface area contributed by atoms with Crippen molar-refractivity contribution in [1.82, 2.24) is 0 Å². The molecule has 0 nitrogen and oxygen atoms in total. The molecule has 0 heterocycles. The van der Waals surface area contributed by atoms with Gasteiger partial charge in [-0.2, -0.15) is 0 Å². The largest absolute Gasteiger partial charge is 0.0565 e. The summed E-state index contributed by atoms with van der Waals surface area (Å²) < 4.78 is 4.85. The van der Waals surface area contributed by atoms with Gasteiger partial charge in [0.1, 0.15) is 0 Å². The molecule has 0 aliphatic rings. The summed E-state index contributed by atoms with van der Waals surface area (Å²) >= 11 is 11.9. The van der Waals surface area contributed by atoms with Crippen LogP contribution in [0.15, 0.2) is 45.3 Å². The van der Waals surface area contributed by atoms with Crippen LogP contribution in [0.3, 0.4) is 0 Å². The molecule has 0 aromatic heterocycles. The summed E-state index contributed by atoms with van der Waals surface area (Å²) in [6.07, 6.45) is 0.939. The Labute approximate surface area is 145 Å². The first-order valence-corrected chi connectivity index (χ1v) is 8.68. The van der Waals surface area contributed by atoms with Crippen LogP contribution in [0.4, 0.5) is 0 Å². The van der Waals surface area contributed by atoms with E-state index < -0.39 is 0 Å². The van der Waals surface area contributed by atoms with Gasteiger partial charge in [-0.05, 0) is 87.0 Å². The number of hydrogen-bond donors (Lipinski definition) is 0. The maximum atomic E-state index is 3.62. The average molecular weight is 578 g/mol. The van der Waals surface area contributed by atoms with Gasteiger partial charge in [0.2, 0.25) is 0 Å². The van der Waals surface area contributed by atoms with Crippen molar-refractivity contribution >= 4 is 77.0 Å². The first-order valence-electron chi connectivity index (χ1n) is 4.94. The molecule has 88 valence electrons. The second-order valence-corrected chi connectivity index (χ2v) is 7.85. The van der Waals surface area contributed by atoms with Gasteiger partial charge in [0.05, 0.1) is 0 Å². The standard InChI is InChI=1S/C13H8Br2I2/c14-12-6-10(16)3-1-8(12)5-9-2-4-11(17)7-13(9)15/h1-4,6-7H,5H2. The molecule has 2 aromatic carbocycles. The zero-order chi connectivity index (χ0) is 12.4. The Morgan fingerprint density at radius 1 is 0.765 bits per heavy atom. The number of rotatable bonds is 2. The highest BCUT2D eigenvalue weighted by atomic mass is 127. The lowest BCUT2D eigenvalue weighted by Crippen LogP contribution is -1.92. The smallest absolute Gasteiger partial charge is 0.0221 e. The summed E-state index contributed by atoms with van der Waals surface area (Å²) in [5.74, 6) is 0. The molecule has 4 heteroatoms. The third-order valence-corrected chi connectivity index (χ3v) is 5.23. The number of benzene rings is 2. The van der Waals surface area contributed by atoms with Crippen molar-refractivity contribution in [3.63, 3.8) is 0 Å². The monoisotopic (exact) mass is 576 g/mol. The van der Waals surface area contributed by atoms with Crippen LogP contribution in [0.2, 0.25) is 0 Å². The minimum absolute atomic E-state index is 0.939. The van der Waals surface area contributed by atoms with Crippen molar-refractivity contribution in [3.05, 3.63) is 63.6 Å². The second-order valence-electron chi connectivity index (χ2n) is 3.65. The fraction of sp³-hybridized carbons (Fsp3) is 0.0769. The fourth-order valence-electron chi connectivity index (χ4n) is 1.54. The predicted molar refractivity (Wildman–Crippen MR) is 96.5 cm³/mol. The van der Waals surface area contributed by atoms with Gasteiger partial charge in [-0.1, -0.05) is 44.0 Å². The van der Waals surface area contributed by atoms with Gasteiger partial charge in [-0.15, -0.1) is 0 Å². The van der Waals surface area contributed by atoms with E-state index in [0.717, 1.165) is 6.42 Å². The summed E-state index contributed by atoms with van der Waals surface area (Å²) in [6.45, 7) is 0. The Morgan fingerprint density at radius 2 is 1.18 bits per heavy atom. The summed E-state index contributed by atoms with van der Waals surface area (Å²) in [7, 11) is 0. The van der Waals surface area contributed by atoms with Crippen LogP contribution in [-0.2, 0) is 6.42 Å². The van der Waals surface area contributed by atoms with Crippen molar-refractivity contribution < 1.29 is 0 Å². The lowest BCUT2D eigenvalue weighted by Gasteiger charge is -2.08. The molecule has 0 amide bonds. The van der Waals surface area contributed by atoms with Crippen LogP contribution >= 0.6 is 77.0 Å². The van der Waals surface area contributed by atoms with E-state index in [1.165, 1.54) is 27.2 Å². The fourth-order valence-corrected chi connectivity index (χ4v) is 4.41. The highest BCUT2D eigenvalue weighted by molar-refractivity contribution is 14.1. The minimum atomic E-state index is 0.939. The molecule has 0 aliphatic heterocycles. The van der Waals surface area contributed by atoms with Gasteiger partial charge < -0.3 is 0 Å². The van der Waals surface area contributed by atoms with Crippen molar-refractivity contribution in [2.75, 3.05) is 0 Å². The van der Waals surface area contributed by atoms with E-state index in [1.807, 2.05) is 0 Å². The van der Waals surface area contributed by atoms with E-state index >= 15 is 0 Å². The molecule has 0 unspecified atom stereocenters. The molecular formula is C13H8Br2I2. The van der Waals surface area contributed by atoms with Gasteiger partial charge in [0, 0.05) is 16.1 Å². The Bertz CT molecular complexity index is 504. The maximum absolute atomic E-state index is 3.62. The first-order chi connectivity index (χ1) is 8.06. The quantitative estimate of drug-likeness (QED) is 0.384. The molecule has 0 bridgehead atoms. The van der Waals surface area contributed by atoms with E-state index in [2.05, 4.69) is 113 Å². The molecule has 0 radical (unpaired) electrons. The second kappa shape index (κ2) is 6.34. The van der Waals surface area contributed by atoms with Gasteiger partial charge in [-0.25, -0.2) is 0 Å². The topological polar surface area (TPSA) is 0 Å². The normalized spacial score (nSPS) is 10.6. The zero-order valence-corrected chi connectivity index (χ0v) is 16.2. The molecule has 2 aromatic rings. The highest BCUT2D eigenvalue weighted by Crippen LogP contribution is 2.26. The Balaban J connectivity index is 2.31. The molecule has 0 saturated carbocycles. The predicted octanol–water partition coefficient (Wildman–Crippen LogP) is 6.01. The van der Waals surface area contributed by atoms with E-state index in [9.17, 15) is 0 Å². The van der Waals surface area contributed by atoms with Gasteiger partial charge in [-0.3, -0.25) is 0 Å². The van der Waals surface area contributed by atoms with Crippen molar-refractivity contribution in [1.29, 1.82) is 0 Å². The molecular weight excluding hydrogens is 570 g/mol. The van der Waals surface area contributed by atoms with Crippen molar-refractivity contribution in [2.45, 2.75) is 6.42 Å². The summed E-state index contributed by atoms with van der Waals surface area (Å²) in [5, 5.41) is 0. The molecule has 0 N–H and O–H groups in total. The molecule has 0 aliphatic carbocycles. The van der Waals surface area contributed by atoms with Crippen LogP contribution in [0.1, 0.15) is 11.1 Å². The third-order valence-electron chi connectivity index (χ3n) is 2.41. The molecule has 0 fully saturated rings. The van der Waals surface area contributed by atoms with Gasteiger partial charge in [0.15, 0.2) is 0 Å². The Kier molecular flexibility index (Phi) is 5.32.